The zero-order valence-corrected chi connectivity index (χ0v) is 10.6. The summed E-state index contributed by atoms with van der Waals surface area (Å²) in [6.45, 7) is 2.80. The first-order valence-corrected chi connectivity index (χ1v) is 5.95. The van der Waals surface area contributed by atoms with E-state index in [0.717, 1.165) is 18.5 Å². The third-order valence-electron chi connectivity index (χ3n) is 2.00. The van der Waals surface area contributed by atoms with Crippen molar-refractivity contribution in [1.29, 1.82) is 0 Å². The monoisotopic (exact) mass is 248 g/mol. The van der Waals surface area contributed by atoms with Crippen molar-refractivity contribution in [2.75, 3.05) is 6.54 Å². The molecule has 0 aromatic heterocycles. The van der Waals surface area contributed by atoms with Crippen LogP contribution in [0.5, 0.6) is 0 Å². The largest absolute Gasteiger partial charge is 0.362 e. The summed E-state index contributed by atoms with van der Waals surface area (Å²) >= 11 is 4.95. The minimum Gasteiger partial charge on any atom is -0.362 e. The van der Waals surface area contributed by atoms with Gasteiger partial charge in [-0.15, -0.1) is 0 Å². The lowest BCUT2D eigenvalue weighted by Gasteiger charge is -2.05. The lowest BCUT2D eigenvalue weighted by molar-refractivity contribution is -0.115. The van der Waals surface area contributed by atoms with Crippen molar-refractivity contribution in [1.82, 2.24) is 10.6 Å². The normalized spacial score (nSPS) is 10.2. The van der Waals surface area contributed by atoms with Crippen molar-refractivity contribution in [2.45, 2.75) is 13.3 Å². The number of carbonyl (C=O) groups excluding carboxylic acids is 1. The van der Waals surface area contributed by atoms with Crippen LogP contribution in [0.1, 0.15) is 18.9 Å². The van der Waals surface area contributed by atoms with Gasteiger partial charge in [-0.3, -0.25) is 10.1 Å². The van der Waals surface area contributed by atoms with E-state index in [1.165, 1.54) is 6.08 Å². The zero-order valence-electron chi connectivity index (χ0n) is 9.77. The Morgan fingerprint density at radius 3 is 2.71 bits per heavy atom. The van der Waals surface area contributed by atoms with E-state index in [9.17, 15) is 4.79 Å². The summed E-state index contributed by atoms with van der Waals surface area (Å²) in [5, 5.41) is 5.88. The number of nitrogens with one attached hydrogen (secondary N) is 2. The molecular formula is C13H16N2OS. The average molecular weight is 248 g/mol. The van der Waals surface area contributed by atoms with Gasteiger partial charge in [0.25, 0.3) is 0 Å². The molecule has 4 heteroatoms. The number of thiocarbonyl (C=S) groups is 1. The third-order valence-corrected chi connectivity index (χ3v) is 2.25. The molecule has 0 saturated carbocycles. The molecule has 17 heavy (non-hydrogen) atoms. The minimum atomic E-state index is -0.220. The molecule has 0 atom stereocenters. The number of hydrogen-bond donors (Lipinski definition) is 2. The Morgan fingerprint density at radius 2 is 2.06 bits per heavy atom. The van der Waals surface area contributed by atoms with Crippen molar-refractivity contribution in [3.8, 4) is 0 Å². The molecule has 90 valence electrons. The van der Waals surface area contributed by atoms with E-state index in [-0.39, 0.29) is 5.91 Å². The van der Waals surface area contributed by atoms with Gasteiger partial charge in [0, 0.05) is 12.6 Å². The van der Waals surface area contributed by atoms with Crippen LogP contribution >= 0.6 is 12.2 Å². The van der Waals surface area contributed by atoms with E-state index in [1.807, 2.05) is 37.3 Å². The van der Waals surface area contributed by atoms with E-state index >= 15 is 0 Å². The van der Waals surface area contributed by atoms with Crippen molar-refractivity contribution >= 4 is 29.3 Å². The van der Waals surface area contributed by atoms with Crippen LogP contribution in [0.2, 0.25) is 0 Å². The Bertz CT molecular complexity index is 401. The van der Waals surface area contributed by atoms with Crippen LogP contribution < -0.4 is 10.6 Å². The molecule has 0 aliphatic carbocycles. The van der Waals surface area contributed by atoms with Crippen molar-refractivity contribution < 1.29 is 4.79 Å². The fraction of sp³-hybridized carbons (Fsp3) is 0.231. The van der Waals surface area contributed by atoms with Gasteiger partial charge in [0.2, 0.25) is 5.91 Å². The van der Waals surface area contributed by atoms with Crippen LogP contribution in [-0.4, -0.2) is 17.6 Å². The topological polar surface area (TPSA) is 41.1 Å². The zero-order chi connectivity index (χ0) is 12.5. The smallest absolute Gasteiger partial charge is 0.250 e. The summed E-state index contributed by atoms with van der Waals surface area (Å²) in [5.74, 6) is -0.220. The number of amides is 1. The quantitative estimate of drug-likeness (QED) is 0.633. The molecule has 0 bridgehead atoms. The molecule has 0 saturated heterocycles. The van der Waals surface area contributed by atoms with E-state index in [2.05, 4.69) is 10.6 Å². The molecule has 0 radical (unpaired) electrons. The molecule has 0 spiro atoms. The second-order valence-electron chi connectivity index (χ2n) is 3.49. The van der Waals surface area contributed by atoms with Gasteiger partial charge in [-0.2, -0.15) is 0 Å². The van der Waals surface area contributed by atoms with Crippen LogP contribution in [0.4, 0.5) is 0 Å². The predicted octanol–water partition coefficient (Wildman–Crippen LogP) is 2.10. The number of carbonyl (C=O) groups is 1. The Hall–Kier alpha value is -1.68. The molecule has 0 fully saturated rings. The minimum absolute atomic E-state index is 0.220. The average Bonchev–Trinajstić information content (AvgIpc) is 2.35. The van der Waals surface area contributed by atoms with Gasteiger partial charge >= 0.3 is 0 Å². The molecular weight excluding hydrogens is 232 g/mol. The predicted molar refractivity (Wildman–Crippen MR) is 74.5 cm³/mol. The second-order valence-corrected chi connectivity index (χ2v) is 3.90. The summed E-state index contributed by atoms with van der Waals surface area (Å²) in [4.78, 5) is 11.5. The maximum absolute atomic E-state index is 11.5. The van der Waals surface area contributed by atoms with Crippen LogP contribution in [0.3, 0.4) is 0 Å². The van der Waals surface area contributed by atoms with Gasteiger partial charge < -0.3 is 5.32 Å². The molecule has 1 aromatic carbocycles. The SMILES string of the molecule is CCCNC(=S)NC(=O)/C=C/c1ccccc1. The molecule has 1 rings (SSSR count). The molecule has 1 amide bonds. The van der Waals surface area contributed by atoms with Crippen molar-refractivity contribution in [2.24, 2.45) is 0 Å². The van der Waals surface area contributed by atoms with Gasteiger partial charge in [-0.25, -0.2) is 0 Å². The summed E-state index contributed by atoms with van der Waals surface area (Å²) < 4.78 is 0. The summed E-state index contributed by atoms with van der Waals surface area (Å²) in [6.07, 6.45) is 4.18. The molecule has 2 N–H and O–H groups in total. The molecule has 0 aliphatic heterocycles. The van der Waals surface area contributed by atoms with Gasteiger partial charge in [0.15, 0.2) is 5.11 Å². The van der Waals surface area contributed by atoms with E-state index in [1.54, 1.807) is 6.08 Å². The second kappa shape index (κ2) is 7.57. The van der Waals surface area contributed by atoms with Crippen LogP contribution in [-0.2, 0) is 4.79 Å². The maximum Gasteiger partial charge on any atom is 0.250 e. The number of hydrogen-bond acceptors (Lipinski definition) is 2. The molecule has 3 nitrogen and oxygen atoms in total. The molecule has 0 unspecified atom stereocenters. The fourth-order valence-electron chi connectivity index (χ4n) is 1.17. The first-order valence-electron chi connectivity index (χ1n) is 5.54. The van der Waals surface area contributed by atoms with E-state index in [0.29, 0.717) is 5.11 Å². The Labute approximate surface area is 107 Å². The van der Waals surface area contributed by atoms with Gasteiger partial charge in [-0.1, -0.05) is 37.3 Å². The lowest BCUT2D eigenvalue weighted by Crippen LogP contribution is -2.38. The Morgan fingerprint density at radius 1 is 1.35 bits per heavy atom. The molecule has 0 aliphatic rings. The lowest BCUT2D eigenvalue weighted by atomic mass is 10.2. The van der Waals surface area contributed by atoms with Gasteiger partial charge in [0.1, 0.15) is 0 Å². The molecule has 0 heterocycles. The Kier molecular flexibility index (Phi) is 5.96. The van der Waals surface area contributed by atoms with Crippen LogP contribution in [0.25, 0.3) is 6.08 Å². The van der Waals surface area contributed by atoms with Crippen molar-refractivity contribution in [3.05, 3.63) is 42.0 Å². The number of benzene rings is 1. The summed E-state index contributed by atoms with van der Waals surface area (Å²) in [7, 11) is 0. The third kappa shape index (κ3) is 5.82. The van der Waals surface area contributed by atoms with Gasteiger partial charge in [0.05, 0.1) is 0 Å². The van der Waals surface area contributed by atoms with Gasteiger partial charge in [-0.05, 0) is 30.3 Å². The maximum atomic E-state index is 11.5. The first kappa shape index (κ1) is 13.4. The van der Waals surface area contributed by atoms with E-state index < -0.39 is 0 Å². The summed E-state index contributed by atoms with van der Waals surface area (Å²) in [6, 6.07) is 9.63. The summed E-state index contributed by atoms with van der Waals surface area (Å²) in [5.41, 5.74) is 0.982. The van der Waals surface area contributed by atoms with Crippen LogP contribution in [0, 0.1) is 0 Å². The first-order chi connectivity index (χ1) is 8.22. The standard InChI is InChI=1S/C13H16N2OS/c1-2-10-14-13(17)15-12(16)9-8-11-6-4-3-5-7-11/h3-9H,2,10H2,1H3,(H2,14,15,16,17)/b9-8+. The Balaban J connectivity index is 2.39. The highest BCUT2D eigenvalue weighted by Crippen LogP contribution is 2.00. The number of rotatable bonds is 4. The van der Waals surface area contributed by atoms with E-state index in [4.69, 9.17) is 12.2 Å². The highest BCUT2D eigenvalue weighted by molar-refractivity contribution is 7.80. The fourth-order valence-corrected chi connectivity index (χ4v) is 1.38. The van der Waals surface area contributed by atoms with Crippen LogP contribution in [0.15, 0.2) is 36.4 Å². The van der Waals surface area contributed by atoms with Crippen molar-refractivity contribution in [3.63, 3.8) is 0 Å². The highest BCUT2D eigenvalue weighted by Gasteiger charge is 1.98. The highest BCUT2D eigenvalue weighted by atomic mass is 32.1. The molecule has 1 aromatic rings.